The molecule has 1 saturated heterocycles. The van der Waals surface area contributed by atoms with E-state index in [1.807, 2.05) is 0 Å². The highest BCUT2D eigenvalue weighted by Crippen LogP contribution is 2.25. The summed E-state index contributed by atoms with van der Waals surface area (Å²) in [7, 11) is -3.07. The smallest absolute Gasteiger partial charge is 0.316 e. The zero-order valence-corrected chi connectivity index (χ0v) is 14.7. The standard InChI is InChI=1S/C14H13ClN2O5S2/c15-10-3-1-2-9(6-10)13-16-17-14(22-13)23-7-12(18)21-11-4-5-24(19,20)8-11/h1-3,6,11H,4-5,7-8H2/t11-/m1/s1. The van der Waals surface area contributed by atoms with Crippen molar-refractivity contribution >= 4 is 39.2 Å². The Morgan fingerprint density at radius 1 is 1.42 bits per heavy atom. The third kappa shape index (κ3) is 4.49. The summed E-state index contributed by atoms with van der Waals surface area (Å²) in [6.45, 7) is 0. The molecule has 1 aliphatic heterocycles. The van der Waals surface area contributed by atoms with Gasteiger partial charge in [0, 0.05) is 10.6 Å². The highest BCUT2D eigenvalue weighted by atomic mass is 35.5. The van der Waals surface area contributed by atoms with Gasteiger partial charge in [0.1, 0.15) is 11.9 Å². The number of carbonyl (C=O) groups is 1. The molecule has 7 nitrogen and oxygen atoms in total. The summed E-state index contributed by atoms with van der Waals surface area (Å²) in [5, 5.41) is 8.52. The van der Waals surface area contributed by atoms with Gasteiger partial charge in [-0.05, 0) is 24.6 Å². The van der Waals surface area contributed by atoms with Crippen molar-refractivity contribution in [3.8, 4) is 11.5 Å². The molecule has 1 fully saturated rings. The summed E-state index contributed by atoms with van der Waals surface area (Å²) in [5.41, 5.74) is 0.681. The predicted octanol–water partition coefficient (Wildman–Crippen LogP) is 2.21. The third-order valence-electron chi connectivity index (χ3n) is 3.28. The SMILES string of the molecule is O=C(CSc1nnc(-c2cccc(Cl)c2)o1)O[C@@H]1CCS(=O)(=O)C1. The zero-order valence-electron chi connectivity index (χ0n) is 12.3. The topological polar surface area (TPSA) is 99.4 Å². The van der Waals surface area contributed by atoms with Crippen LogP contribution in [-0.4, -0.2) is 47.9 Å². The first-order valence-corrected chi connectivity index (χ1v) is 10.2. The van der Waals surface area contributed by atoms with Gasteiger partial charge in [-0.25, -0.2) is 8.42 Å². The van der Waals surface area contributed by atoms with Gasteiger partial charge in [0.25, 0.3) is 5.22 Å². The van der Waals surface area contributed by atoms with Gasteiger partial charge >= 0.3 is 5.97 Å². The maximum atomic E-state index is 11.8. The van der Waals surface area contributed by atoms with Crippen LogP contribution in [0, 0.1) is 0 Å². The van der Waals surface area contributed by atoms with Crippen LogP contribution in [0.25, 0.3) is 11.5 Å². The van der Waals surface area contributed by atoms with Crippen molar-refractivity contribution in [1.29, 1.82) is 0 Å². The van der Waals surface area contributed by atoms with Gasteiger partial charge in [0.05, 0.1) is 11.5 Å². The summed E-state index contributed by atoms with van der Waals surface area (Å²) in [4.78, 5) is 11.8. The molecule has 0 bridgehead atoms. The fraction of sp³-hybridized carbons (Fsp3) is 0.357. The van der Waals surface area contributed by atoms with E-state index in [0.29, 0.717) is 22.9 Å². The number of rotatable bonds is 5. The largest absolute Gasteiger partial charge is 0.461 e. The third-order valence-corrected chi connectivity index (χ3v) is 6.04. The van der Waals surface area contributed by atoms with E-state index in [1.165, 1.54) is 0 Å². The van der Waals surface area contributed by atoms with Crippen LogP contribution in [0.3, 0.4) is 0 Å². The number of hydrogen-bond acceptors (Lipinski definition) is 8. The van der Waals surface area contributed by atoms with Gasteiger partial charge in [0.15, 0.2) is 9.84 Å². The number of hydrogen-bond donors (Lipinski definition) is 0. The van der Waals surface area contributed by atoms with Crippen molar-refractivity contribution in [2.45, 2.75) is 17.7 Å². The summed E-state index contributed by atoms with van der Waals surface area (Å²) >= 11 is 6.94. The molecule has 10 heteroatoms. The minimum absolute atomic E-state index is 0.0340. The van der Waals surface area contributed by atoms with Crippen molar-refractivity contribution < 1.29 is 22.4 Å². The Morgan fingerprint density at radius 3 is 2.96 bits per heavy atom. The highest BCUT2D eigenvalue weighted by molar-refractivity contribution is 7.99. The number of carbonyl (C=O) groups excluding carboxylic acids is 1. The summed E-state index contributed by atoms with van der Waals surface area (Å²) in [6, 6.07) is 6.97. The molecule has 2 aromatic rings. The number of sulfone groups is 1. The lowest BCUT2D eigenvalue weighted by Gasteiger charge is -2.08. The quantitative estimate of drug-likeness (QED) is 0.567. The fourth-order valence-corrected chi connectivity index (χ4v) is 4.53. The second-order valence-corrected chi connectivity index (χ2v) is 8.78. The van der Waals surface area contributed by atoms with Gasteiger partial charge in [-0.15, -0.1) is 10.2 Å². The molecule has 1 atom stereocenters. The van der Waals surface area contributed by atoms with Gasteiger partial charge in [-0.3, -0.25) is 4.79 Å². The van der Waals surface area contributed by atoms with Crippen LogP contribution in [0.2, 0.25) is 5.02 Å². The van der Waals surface area contributed by atoms with Crippen LogP contribution >= 0.6 is 23.4 Å². The fourth-order valence-electron chi connectivity index (χ4n) is 2.20. The summed E-state index contributed by atoms with van der Waals surface area (Å²) in [5.74, 6) is -0.290. The Bertz CT molecular complexity index is 852. The van der Waals surface area contributed by atoms with E-state index in [1.54, 1.807) is 24.3 Å². The first kappa shape index (κ1) is 17.2. The number of nitrogens with zero attached hydrogens (tertiary/aromatic N) is 2. The van der Waals surface area contributed by atoms with Crippen LogP contribution in [-0.2, 0) is 19.4 Å². The molecule has 0 N–H and O–H groups in total. The van der Waals surface area contributed by atoms with Crippen LogP contribution in [0.4, 0.5) is 0 Å². The Labute approximate surface area is 147 Å². The van der Waals surface area contributed by atoms with E-state index >= 15 is 0 Å². The Kier molecular flexibility index (Phi) is 5.12. The average molecular weight is 389 g/mol. The first-order valence-electron chi connectivity index (χ1n) is 7.03. The number of ether oxygens (including phenoxy) is 1. The minimum atomic E-state index is -3.07. The molecule has 0 aliphatic carbocycles. The van der Waals surface area contributed by atoms with Crippen molar-refractivity contribution in [3.63, 3.8) is 0 Å². The summed E-state index contributed by atoms with van der Waals surface area (Å²) in [6.07, 6.45) is -0.217. The number of halogens is 1. The van der Waals surface area contributed by atoms with E-state index in [0.717, 1.165) is 11.8 Å². The van der Waals surface area contributed by atoms with E-state index in [9.17, 15) is 13.2 Å². The lowest BCUT2D eigenvalue weighted by atomic mass is 10.2. The number of aromatic nitrogens is 2. The Morgan fingerprint density at radius 2 is 2.25 bits per heavy atom. The molecule has 0 saturated carbocycles. The monoisotopic (exact) mass is 388 g/mol. The normalized spacial score (nSPS) is 19.3. The molecular weight excluding hydrogens is 376 g/mol. The molecule has 2 heterocycles. The minimum Gasteiger partial charge on any atom is -0.461 e. The molecule has 24 heavy (non-hydrogen) atoms. The average Bonchev–Trinajstić information content (AvgIpc) is 3.12. The van der Waals surface area contributed by atoms with Crippen molar-refractivity contribution in [1.82, 2.24) is 10.2 Å². The molecule has 0 radical (unpaired) electrons. The maximum Gasteiger partial charge on any atom is 0.316 e. The van der Waals surface area contributed by atoms with Gasteiger partial charge in [-0.2, -0.15) is 0 Å². The zero-order chi connectivity index (χ0) is 17.2. The molecule has 1 aliphatic rings. The second-order valence-electron chi connectivity index (χ2n) is 5.19. The van der Waals surface area contributed by atoms with Gasteiger partial charge < -0.3 is 9.15 Å². The van der Waals surface area contributed by atoms with Crippen molar-refractivity contribution in [2.24, 2.45) is 0 Å². The molecular formula is C14H13ClN2O5S2. The molecule has 1 aromatic carbocycles. The van der Waals surface area contributed by atoms with Gasteiger partial charge in [-0.1, -0.05) is 29.4 Å². The number of benzene rings is 1. The molecule has 128 valence electrons. The van der Waals surface area contributed by atoms with Gasteiger partial charge in [0.2, 0.25) is 5.89 Å². The molecule has 0 unspecified atom stereocenters. The lowest BCUT2D eigenvalue weighted by Crippen LogP contribution is -2.20. The number of thioether (sulfide) groups is 1. The first-order chi connectivity index (χ1) is 11.4. The maximum absolute atomic E-state index is 11.8. The van der Waals surface area contributed by atoms with Crippen LogP contribution in [0.5, 0.6) is 0 Å². The van der Waals surface area contributed by atoms with E-state index in [4.69, 9.17) is 20.8 Å². The van der Waals surface area contributed by atoms with Crippen LogP contribution in [0.15, 0.2) is 33.9 Å². The molecule has 1 aromatic heterocycles. The van der Waals surface area contributed by atoms with Crippen molar-refractivity contribution in [3.05, 3.63) is 29.3 Å². The van der Waals surface area contributed by atoms with Crippen molar-refractivity contribution in [2.75, 3.05) is 17.3 Å². The highest BCUT2D eigenvalue weighted by Gasteiger charge is 2.30. The molecule has 3 rings (SSSR count). The predicted molar refractivity (Wildman–Crippen MR) is 88.6 cm³/mol. The lowest BCUT2D eigenvalue weighted by molar-refractivity contribution is -0.144. The van der Waals surface area contributed by atoms with Crippen LogP contribution in [0.1, 0.15) is 6.42 Å². The second kappa shape index (κ2) is 7.12. The number of esters is 1. The Balaban J connectivity index is 1.53. The van der Waals surface area contributed by atoms with Crippen LogP contribution < -0.4 is 0 Å². The molecule has 0 amide bonds. The van der Waals surface area contributed by atoms with E-state index in [-0.39, 0.29) is 22.5 Å². The summed E-state index contributed by atoms with van der Waals surface area (Å²) < 4.78 is 33.2. The van der Waals surface area contributed by atoms with E-state index in [2.05, 4.69) is 10.2 Å². The molecule has 0 spiro atoms. The Hall–Kier alpha value is -1.58. The van der Waals surface area contributed by atoms with E-state index < -0.39 is 21.9 Å².